The fourth-order valence-electron chi connectivity index (χ4n) is 3.40. The number of carboxylic acid groups (broad SMARTS) is 1. The Labute approximate surface area is 172 Å². The molecule has 1 aromatic heterocycles. The minimum absolute atomic E-state index is 0.135. The third kappa shape index (κ3) is 6.28. The number of rotatable bonds is 3. The van der Waals surface area contributed by atoms with Crippen LogP contribution >= 0.6 is 0 Å². The standard InChI is InChI=1S/C14H24N4O4S.C2HF3O2/c1-3-23(19,20)18-6-4-5-14(10-18)9-17(7-8-21-11-14)13-16-15-12(2)22-13;3-2(4,5)1(6)7/h3-11H2,1-2H3;(H,6,7). The lowest BCUT2D eigenvalue weighted by Gasteiger charge is -2.42. The van der Waals surface area contributed by atoms with Crippen molar-refractivity contribution in [3.05, 3.63) is 5.89 Å². The molecule has 1 aromatic rings. The number of carbonyl (C=O) groups is 1. The topological polar surface area (TPSA) is 126 Å². The van der Waals surface area contributed by atoms with Gasteiger partial charge in [-0.3, -0.25) is 0 Å². The van der Waals surface area contributed by atoms with Crippen molar-refractivity contribution in [1.29, 1.82) is 0 Å². The van der Waals surface area contributed by atoms with Crippen LogP contribution in [-0.2, 0) is 19.6 Å². The van der Waals surface area contributed by atoms with E-state index >= 15 is 0 Å². The van der Waals surface area contributed by atoms with Gasteiger partial charge in [0.25, 0.3) is 0 Å². The van der Waals surface area contributed by atoms with E-state index < -0.39 is 22.2 Å². The van der Waals surface area contributed by atoms with Gasteiger partial charge in [0.05, 0.1) is 19.0 Å². The summed E-state index contributed by atoms with van der Waals surface area (Å²) >= 11 is 0. The Balaban J connectivity index is 0.000000396. The van der Waals surface area contributed by atoms with Crippen LogP contribution in [-0.4, -0.2) is 85.3 Å². The molecule has 2 aliphatic rings. The Morgan fingerprint density at radius 1 is 1.27 bits per heavy atom. The summed E-state index contributed by atoms with van der Waals surface area (Å²) < 4.78 is 69.2. The van der Waals surface area contributed by atoms with Gasteiger partial charge in [-0.25, -0.2) is 17.5 Å². The Hall–Kier alpha value is -1.93. The molecule has 0 radical (unpaired) electrons. The molecule has 2 fully saturated rings. The average molecular weight is 458 g/mol. The zero-order valence-corrected chi connectivity index (χ0v) is 17.5. The maximum absolute atomic E-state index is 12.3. The van der Waals surface area contributed by atoms with Gasteiger partial charge in [0.2, 0.25) is 15.9 Å². The Morgan fingerprint density at radius 3 is 2.47 bits per heavy atom. The molecule has 1 N–H and O–H groups in total. The van der Waals surface area contributed by atoms with Gasteiger partial charge in [0.1, 0.15) is 0 Å². The molecule has 2 saturated heterocycles. The van der Waals surface area contributed by atoms with Gasteiger partial charge in [0, 0.05) is 38.5 Å². The number of ether oxygens (including phenoxy) is 1. The summed E-state index contributed by atoms with van der Waals surface area (Å²) in [6.45, 7) is 7.01. The van der Waals surface area contributed by atoms with E-state index in [9.17, 15) is 21.6 Å². The maximum atomic E-state index is 12.3. The third-order valence-corrected chi connectivity index (χ3v) is 6.68. The third-order valence-electron chi connectivity index (χ3n) is 4.85. The van der Waals surface area contributed by atoms with Crippen LogP contribution in [0.1, 0.15) is 25.7 Å². The number of halogens is 3. The number of hydrogen-bond acceptors (Lipinski definition) is 8. The highest BCUT2D eigenvalue weighted by molar-refractivity contribution is 7.89. The molecule has 0 amide bonds. The highest BCUT2D eigenvalue weighted by atomic mass is 32.2. The summed E-state index contributed by atoms with van der Waals surface area (Å²) in [5.74, 6) is -2.10. The number of alkyl halides is 3. The number of sulfonamides is 1. The van der Waals surface area contributed by atoms with E-state index in [1.807, 2.05) is 4.90 Å². The Morgan fingerprint density at radius 2 is 1.93 bits per heavy atom. The SMILES string of the molecule is CCS(=O)(=O)N1CCCC2(COCCN(c3nnc(C)o3)C2)C1.O=C(O)C(F)(F)F. The number of anilines is 1. The quantitative estimate of drug-likeness (QED) is 0.713. The second kappa shape index (κ2) is 9.47. The van der Waals surface area contributed by atoms with Crippen molar-refractivity contribution in [3.8, 4) is 0 Å². The molecule has 3 heterocycles. The first-order valence-corrected chi connectivity index (χ1v) is 10.9. The zero-order chi connectivity index (χ0) is 22.6. The second-order valence-electron chi connectivity index (χ2n) is 7.22. The number of aliphatic carboxylic acids is 1. The van der Waals surface area contributed by atoms with Crippen molar-refractivity contribution in [2.75, 3.05) is 50.0 Å². The molecule has 172 valence electrons. The zero-order valence-electron chi connectivity index (χ0n) is 16.7. The van der Waals surface area contributed by atoms with Crippen LogP contribution < -0.4 is 4.90 Å². The molecule has 0 bridgehead atoms. The lowest BCUT2D eigenvalue weighted by molar-refractivity contribution is -0.192. The molecular weight excluding hydrogens is 433 g/mol. The molecule has 0 aromatic carbocycles. The number of aromatic nitrogens is 2. The van der Waals surface area contributed by atoms with Crippen LogP contribution in [0.4, 0.5) is 19.2 Å². The van der Waals surface area contributed by atoms with Crippen molar-refractivity contribution >= 4 is 22.0 Å². The Bertz CT molecular complexity index is 831. The first kappa shape index (κ1) is 24.3. The van der Waals surface area contributed by atoms with Crippen LogP contribution in [0.3, 0.4) is 0 Å². The lowest BCUT2D eigenvalue weighted by atomic mass is 9.81. The van der Waals surface area contributed by atoms with Gasteiger partial charge in [0.15, 0.2) is 0 Å². The van der Waals surface area contributed by atoms with Gasteiger partial charge in [-0.1, -0.05) is 5.10 Å². The predicted octanol–water partition coefficient (Wildman–Crippen LogP) is 1.28. The number of aryl methyl sites for hydroxylation is 1. The summed E-state index contributed by atoms with van der Waals surface area (Å²) in [4.78, 5) is 10.9. The fraction of sp³-hybridized carbons (Fsp3) is 0.812. The number of carboxylic acids is 1. The largest absolute Gasteiger partial charge is 0.490 e. The van der Waals surface area contributed by atoms with E-state index in [1.165, 1.54) is 0 Å². The van der Waals surface area contributed by atoms with E-state index in [1.54, 1.807) is 18.2 Å². The number of nitrogens with zero attached hydrogens (tertiary/aromatic N) is 4. The summed E-state index contributed by atoms with van der Waals surface area (Å²) in [6.07, 6.45) is -3.30. The van der Waals surface area contributed by atoms with Crippen molar-refractivity contribution < 1.29 is 40.6 Å². The van der Waals surface area contributed by atoms with E-state index in [0.29, 0.717) is 51.3 Å². The predicted molar refractivity (Wildman–Crippen MR) is 98.5 cm³/mol. The molecule has 0 saturated carbocycles. The van der Waals surface area contributed by atoms with Crippen LogP contribution in [0.15, 0.2) is 4.42 Å². The molecule has 1 atom stereocenters. The van der Waals surface area contributed by atoms with Gasteiger partial charge in [-0.15, -0.1) is 5.10 Å². The highest BCUT2D eigenvalue weighted by Crippen LogP contribution is 2.35. The molecule has 14 heteroatoms. The highest BCUT2D eigenvalue weighted by Gasteiger charge is 2.42. The fourth-order valence-corrected chi connectivity index (χ4v) is 4.64. The van der Waals surface area contributed by atoms with Gasteiger partial charge in [-0.05, 0) is 19.8 Å². The van der Waals surface area contributed by atoms with E-state index in [4.69, 9.17) is 19.1 Å². The normalized spacial score (nSPS) is 23.6. The van der Waals surface area contributed by atoms with Crippen molar-refractivity contribution in [2.45, 2.75) is 32.9 Å². The molecular formula is C16H25F3N4O6S. The van der Waals surface area contributed by atoms with E-state index in [0.717, 1.165) is 12.8 Å². The second-order valence-corrected chi connectivity index (χ2v) is 9.48. The summed E-state index contributed by atoms with van der Waals surface area (Å²) in [5, 5.41) is 15.1. The van der Waals surface area contributed by atoms with E-state index in [2.05, 4.69) is 10.2 Å². The molecule has 3 rings (SSSR count). The minimum Gasteiger partial charge on any atom is -0.475 e. The summed E-state index contributed by atoms with van der Waals surface area (Å²) in [6, 6.07) is 0.489. The van der Waals surface area contributed by atoms with E-state index in [-0.39, 0.29) is 11.2 Å². The minimum atomic E-state index is -5.08. The summed E-state index contributed by atoms with van der Waals surface area (Å²) in [7, 11) is -3.18. The van der Waals surface area contributed by atoms with Crippen molar-refractivity contribution in [3.63, 3.8) is 0 Å². The Kier molecular flexibility index (Phi) is 7.69. The molecule has 2 aliphatic heterocycles. The number of hydrogen-bond donors (Lipinski definition) is 1. The molecule has 0 aliphatic carbocycles. The van der Waals surface area contributed by atoms with Crippen LogP contribution in [0, 0.1) is 12.3 Å². The van der Waals surface area contributed by atoms with Gasteiger partial charge in [-0.2, -0.15) is 13.2 Å². The molecule has 1 spiro atoms. The average Bonchev–Trinajstić information content (AvgIpc) is 3.00. The van der Waals surface area contributed by atoms with Crippen LogP contribution in [0.5, 0.6) is 0 Å². The molecule has 10 nitrogen and oxygen atoms in total. The van der Waals surface area contributed by atoms with Gasteiger partial charge < -0.3 is 19.2 Å². The van der Waals surface area contributed by atoms with Gasteiger partial charge >= 0.3 is 18.2 Å². The first-order valence-electron chi connectivity index (χ1n) is 9.29. The smallest absolute Gasteiger partial charge is 0.475 e. The number of piperidine rings is 1. The van der Waals surface area contributed by atoms with Crippen LogP contribution in [0.2, 0.25) is 0 Å². The van der Waals surface area contributed by atoms with Crippen LogP contribution in [0.25, 0.3) is 0 Å². The summed E-state index contributed by atoms with van der Waals surface area (Å²) in [5.41, 5.74) is -0.223. The molecule has 1 unspecified atom stereocenters. The molecule has 30 heavy (non-hydrogen) atoms. The first-order chi connectivity index (χ1) is 13.9. The van der Waals surface area contributed by atoms with Crippen molar-refractivity contribution in [1.82, 2.24) is 14.5 Å². The lowest BCUT2D eigenvalue weighted by Crippen LogP contribution is -2.52. The maximum Gasteiger partial charge on any atom is 0.490 e. The monoisotopic (exact) mass is 458 g/mol. The van der Waals surface area contributed by atoms with Crippen molar-refractivity contribution in [2.24, 2.45) is 5.41 Å².